The minimum absolute atomic E-state index is 0.722. The van der Waals surface area contributed by atoms with Crippen molar-refractivity contribution in [1.82, 2.24) is 30.5 Å². The molecule has 3 heterocycles. The van der Waals surface area contributed by atoms with Gasteiger partial charge in [0, 0.05) is 24.8 Å². The van der Waals surface area contributed by atoms with E-state index in [9.17, 15) is 0 Å². The van der Waals surface area contributed by atoms with E-state index < -0.39 is 0 Å². The summed E-state index contributed by atoms with van der Waals surface area (Å²) in [4.78, 5) is 0. The van der Waals surface area contributed by atoms with Crippen LogP contribution >= 0.6 is 0 Å². The van der Waals surface area contributed by atoms with E-state index in [0.717, 1.165) is 42.4 Å². The van der Waals surface area contributed by atoms with Crippen LogP contribution in [0.4, 0.5) is 0 Å². The zero-order valence-electron chi connectivity index (χ0n) is 11.2. The summed E-state index contributed by atoms with van der Waals surface area (Å²) in [5.41, 5.74) is 2.00. The molecule has 0 saturated carbocycles. The van der Waals surface area contributed by atoms with Crippen molar-refractivity contribution in [3.8, 4) is 11.5 Å². The number of aryl methyl sites for hydroxylation is 1. The van der Waals surface area contributed by atoms with Gasteiger partial charge in [-0.25, -0.2) is 0 Å². The van der Waals surface area contributed by atoms with Gasteiger partial charge in [-0.2, -0.15) is 5.10 Å². The maximum absolute atomic E-state index is 5.61. The van der Waals surface area contributed by atoms with E-state index in [0.29, 0.717) is 0 Å². The van der Waals surface area contributed by atoms with Crippen LogP contribution in [0, 0.1) is 6.92 Å². The minimum Gasteiger partial charge on any atom is -0.460 e. The van der Waals surface area contributed by atoms with E-state index >= 15 is 0 Å². The third kappa shape index (κ3) is 2.77. The number of H-pyrrole nitrogens is 1. The molecule has 0 aromatic carbocycles. The maximum Gasteiger partial charge on any atom is 0.152 e. The van der Waals surface area contributed by atoms with Gasteiger partial charge >= 0.3 is 0 Å². The monoisotopic (exact) mass is 272 g/mol. The number of nitrogens with one attached hydrogen (secondary N) is 2. The van der Waals surface area contributed by atoms with Crippen LogP contribution in [-0.4, -0.2) is 31.7 Å². The number of hydrogen-bond acceptors (Lipinski definition) is 5. The third-order valence-electron chi connectivity index (χ3n) is 3.01. The molecular formula is C13H16N6O. The average molecular weight is 272 g/mol. The summed E-state index contributed by atoms with van der Waals surface area (Å²) in [5, 5.41) is 18.1. The van der Waals surface area contributed by atoms with Gasteiger partial charge in [0.15, 0.2) is 5.76 Å². The van der Waals surface area contributed by atoms with Crippen molar-refractivity contribution in [3.05, 3.63) is 42.0 Å². The van der Waals surface area contributed by atoms with Crippen LogP contribution in [-0.2, 0) is 13.1 Å². The Hall–Kier alpha value is -2.41. The molecule has 0 radical (unpaired) electrons. The highest BCUT2D eigenvalue weighted by Gasteiger charge is 2.10. The number of aromatic nitrogens is 5. The Morgan fingerprint density at radius 2 is 2.35 bits per heavy atom. The zero-order chi connectivity index (χ0) is 13.8. The third-order valence-corrected chi connectivity index (χ3v) is 3.01. The van der Waals surface area contributed by atoms with Gasteiger partial charge in [-0.05, 0) is 19.1 Å². The normalized spacial score (nSPS) is 11.1. The highest BCUT2D eigenvalue weighted by Crippen LogP contribution is 2.22. The molecule has 0 saturated heterocycles. The van der Waals surface area contributed by atoms with Gasteiger partial charge in [-0.15, -0.1) is 5.10 Å². The van der Waals surface area contributed by atoms with Crippen LogP contribution in [0.5, 0.6) is 0 Å². The first-order chi connectivity index (χ1) is 9.83. The Kier molecular flexibility index (Phi) is 3.60. The van der Waals surface area contributed by atoms with E-state index in [1.165, 1.54) is 0 Å². The zero-order valence-corrected chi connectivity index (χ0v) is 11.2. The van der Waals surface area contributed by atoms with Gasteiger partial charge in [-0.3, -0.25) is 9.78 Å². The Labute approximate surface area is 116 Å². The van der Waals surface area contributed by atoms with Crippen LogP contribution in [0.15, 0.2) is 35.1 Å². The van der Waals surface area contributed by atoms with Gasteiger partial charge in [0.2, 0.25) is 0 Å². The first-order valence-electron chi connectivity index (χ1n) is 6.47. The van der Waals surface area contributed by atoms with Crippen molar-refractivity contribution in [2.75, 3.05) is 6.54 Å². The Balaban J connectivity index is 1.57. The lowest BCUT2D eigenvalue weighted by atomic mass is 10.2. The summed E-state index contributed by atoms with van der Waals surface area (Å²) in [5.74, 6) is 1.70. The van der Waals surface area contributed by atoms with Crippen LogP contribution < -0.4 is 5.32 Å². The molecule has 0 aliphatic carbocycles. The van der Waals surface area contributed by atoms with E-state index in [2.05, 4.69) is 25.8 Å². The minimum atomic E-state index is 0.722. The highest BCUT2D eigenvalue weighted by atomic mass is 16.3. The standard InChI is InChI=1S/C13H16N6O/c1-10-2-3-12(20-10)13-11(9-16-17-13)8-14-4-6-19-7-5-15-18-19/h2-3,5,7,9,14H,4,6,8H2,1H3,(H,16,17). The Bertz CT molecular complexity index is 654. The fourth-order valence-electron chi connectivity index (χ4n) is 2.00. The van der Waals surface area contributed by atoms with Crippen molar-refractivity contribution in [3.63, 3.8) is 0 Å². The molecule has 0 aliphatic rings. The van der Waals surface area contributed by atoms with Crippen LogP contribution in [0.25, 0.3) is 11.5 Å². The lowest BCUT2D eigenvalue weighted by molar-refractivity contribution is 0.536. The number of rotatable bonds is 6. The number of aromatic amines is 1. The summed E-state index contributed by atoms with van der Waals surface area (Å²) >= 11 is 0. The summed E-state index contributed by atoms with van der Waals surface area (Å²) in [6.45, 7) is 4.24. The van der Waals surface area contributed by atoms with E-state index in [-0.39, 0.29) is 0 Å². The lowest BCUT2D eigenvalue weighted by Crippen LogP contribution is -2.19. The molecule has 3 aromatic heterocycles. The molecule has 0 spiro atoms. The van der Waals surface area contributed by atoms with Crippen LogP contribution in [0.3, 0.4) is 0 Å². The van der Waals surface area contributed by atoms with Gasteiger partial charge in [0.1, 0.15) is 11.5 Å². The molecule has 7 heteroatoms. The molecule has 0 bridgehead atoms. The molecule has 3 rings (SSSR count). The second-order valence-electron chi connectivity index (χ2n) is 4.52. The average Bonchev–Trinajstić information content (AvgIpc) is 3.16. The second-order valence-corrected chi connectivity index (χ2v) is 4.52. The molecule has 7 nitrogen and oxygen atoms in total. The largest absolute Gasteiger partial charge is 0.460 e. The van der Waals surface area contributed by atoms with Crippen molar-refractivity contribution in [2.45, 2.75) is 20.0 Å². The molecule has 20 heavy (non-hydrogen) atoms. The topological polar surface area (TPSA) is 84.6 Å². The number of hydrogen-bond donors (Lipinski definition) is 2. The summed E-state index contributed by atoms with van der Waals surface area (Å²) in [7, 11) is 0. The maximum atomic E-state index is 5.61. The summed E-state index contributed by atoms with van der Waals surface area (Å²) < 4.78 is 7.40. The van der Waals surface area contributed by atoms with Crippen LogP contribution in [0.1, 0.15) is 11.3 Å². The predicted molar refractivity (Wildman–Crippen MR) is 72.8 cm³/mol. The van der Waals surface area contributed by atoms with Gasteiger partial charge in [0.25, 0.3) is 0 Å². The first kappa shape index (κ1) is 12.6. The van der Waals surface area contributed by atoms with Crippen LogP contribution in [0.2, 0.25) is 0 Å². The molecule has 0 amide bonds. The van der Waals surface area contributed by atoms with Crippen molar-refractivity contribution in [2.24, 2.45) is 0 Å². The van der Waals surface area contributed by atoms with Crippen molar-refractivity contribution < 1.29 is 4.42 Å². The van der Waals surface area contributed by atoms with Gasteiger partial charge in [-0.1, -0.05) is 5.21 Å². The molecule has 2 N–H and O–H groups in total. The molecule has 0 fully saturated rings. The summed E-state index contributed by atoms with van der Waals surface area (Å²) in [6, 6.07) is 3.89. The lowest BCUT2D eigenvalue weighted by Gasteiger charge is -2.04. The van der Waals surface area contributed by atoms with E-state index in [1.807, 2.05) is 31.5 Å². The second kappa shape index (κ2) is 5.70. The van der Waals surface area contributed by atoms with Crippen molar-refractivity contribution in [1.29, 1.82) is 0 Å². The predicted octanol–water partition coefficient (Wildman–Crippen LogP) is 1.36. The molecule has 0 unspecified atom stereocenters. The smallest absolute Gasteiger partial charge is 0.152 e. The van der Waals surface area contributed by atoms with E-state index in [4.69, 9.17) is 4.42 Å². The quantitative estimate of drug-likeness (QED) is 0.662. The number of furan rings is 1. The molecule has 104 valence electrons. The molecule has 3 aromatic rings. The van der Waals surface area contributed by atoms with Crippen molar-refractivity contribution >= 4 is 0 Å². The Morgan fingerprint density at radius 1 is 1.40 bits per heavy atom. The number of nitrogens with zero attached hydrogens (tertiary/aromatic N) is 4. The van der Waals surface area contributed by atoms with E-state index in [1.54, 1.807) is 10.9 Å². The summed E-state index contributed by atoms with van der Waals surface area (Å²) in [6.07, 6.45) is 5.33. The molecule has 0 aliphatic heterocycles. The SMILES string of the molecule is Cc1ccc(-c2[nH]ncc2CNCCn2ccnn2)o1. The molecule has 0 atom stereocenters. The van der Waals surface area contributed by atoms with Gasteiger partial charge in [0.05, 0.1) is 18.9 Å². The highest BCUT2D eigenvalue weighted by molar-refractivity contribution is 5.56. The fourth-order valence-corrected chi connectivity index (χ4v) is 2.00. The fraction of sp³-hybridized carbons (Fsp3) is 0.308. The molecular weight excluding hydrogens is 256 g/mol. The first-order valence-corrected chi connectivity index (χ1v) is 6.47. The Morgan fingerprint density at radius 3 is 3.10 bits per heavy atom. The van der Waals surface area contributed by atoms with Gasteiger partial charge < -0.3 is 9.73 Å².